The lowest BCUT2D eigenvalue weighted by Crippen LogP contribution is -2.54. The SMILES string of the molecule is CCNC(=O)Nc1sc2ccccc2c1C(=O)N1CCC(N2CCCC3(CC(C)N(CCO)C3=O)C2)CC1. The molecule has 3 aliphatic heterocycles. The Kier molecular flexibility index (Phi) is 7.93. The second-order valence-corrected chi connectivity index (χ2v) is 12.0. The molecule has 3 fully saturated rings. The summed E-state index contributed by atoms with van der Waals surface area (Å²) in [6.45, 7) is 7.93. The largest absolute Gasteiger partial charge is 0.395 e. The molecule has 3 N–H and O–H groups in total. The summed E-state index contributed by atoms with van der Waals surface area (Å²) < 4.78 is 0.974. The molecule has 9 nitrogen and oxygen atoms in total. The van der Waals surface area contributed by atoms with Gasteiger partial charge in [-0.25, -0.2) is 4.79 Å². The van der Waals surface area contributed by atoms with Crippen molar-refractivity contribution in [2.24, 2.45) is 5.41 Å². The number of β-amino-alcohol motifs (C(OH)–C–C–N with tert-alkyl or cyclic N) is 1. The van der Waals surface area contributed by atoms with Crippen molar-refractivity contribution in [3.63, 3.8) is 0 Å². The number of benzene rings is 1. The van der Waals surface area contributed by atoms with E-state index in [1.165, 1.54) is 11.3 Å². The van der Waals surface area contributed by atoms with Gasteiger partial charge in [0, 0.05) is 54.9 Å². The highest BCUT2D eigenvalue weighted by Crippen LogP contribution is 2.44. The number of nitrogens with one attached hydrogen (secondary N) is 2. The Morgan fingerprint density at radius 2 is 1.95 bits per heavy atom. The van der Waals surface area contributed by atoms with Gasteiger partial charge in [0.15, 0.2) is 0 Å². The van der Waals surface area contributed by atoms with E-state index in [0.29, 0.717) is 42.8 Å². The molecule has 3 aliphatic rings. The first kappa shape index (κ1) is 26.9. The van der Waals surface area contributed by atoms with Crippen molar-refractivity contribution in [1.82, 2.24) is 20.0 Å². The van der Waals surface area contributed by atoms with Crippen molar-refractivity contribution in [2.75, 3.05) is 51.2 Å². The molecule has 2 atom stereocenters. The Morgan fingerprint density at radius 1 is 1.18 bits per heavy atom. The highest BCUT2D eigenvalue weighted by Gasteiger charge is 2.52. The fourth-order valence-electron chi connectivity index (χ4n) is 6.76. The van der Waals surface area contributed by atoms with Crippen LogP contribution in [0.25, 0.3) is 10.1 Å². The van der Waals surface area contributed by atoms with Crippen LogP contribution in [0.5, 0.6) is 0 Å². The lowest BCUT2D eigenvalue weighted by molar-refractivity contribution is -0.140. The van der Waals surface area contributed by atoms with Gasteiger partial charge >= 0.3 is 6.03 Å². The molecule has 0 radical (unpaired) electrons. The molecule has 0 aliphatic carbocycles. The van der Waals surface area contributed by atoms with Gasteiger partial charge in [0.25, 0.3) is 5.91 Å². The van der Waals surface area contributed by atoms with E-state index in [9.17, 15) is 19.5 Å². The molecule has 0 saturated carbocycles. The average Bonchev–Trinajstić information content (AvgIpc) is 3.38. The van der Waals surface area contributed by atoms with Crippen molar-refractivity contribution in [3.8, 4) is 0 Å². The van der Waals surface area contributed by atoms with Crippen LogP contribution >= 0.6 is 11.3 Å². The maximum Gasteiger partial charge on any atom is 0.319 e. The fraction of sp³-hybridized carbons (Fsp3) is 0.607. The number of thiophene rings is 1. The van der Waals surface area contributed by atoms with Crippen LogP contribution in [0.2, 0.25) is 0 Å². The maximum atomic E-state index is 13.8. The van der Waals surface area contributed by atoms with Crippen molar-refractivity contribution in [2.45, 2.75) is 58.0 Å². The van der Waals surface area contributed by atoms with E-state index in [4.69, 9.17) is 0 Å². The monoisotopic (exact) mass is 541 g/mol. The number of piperidine rings is 2. The zero-order valence-corrected chi connectivity index (χ0v) is 23.2. The summed E-state index contributed by atoms with van der Waals surface area (Å²) in [7, 11) is 0. The van der Waals surface area contributed by atoms with Crippen LogP contribution in [0, 0.1) is 5.41 Å². The number of nitrogens with zero attached hydrogens (tertiary/aromatic N) is 3. The fourth-order valence-corrected chi connectivity index (χ4v) is 7.85. The zero-order valence-electron chi connectivity index (χ0n) is 22.4. The minimum Gasteiger partial charge on any atom is -0.395 e. The number of rotatable bonds is 6. The lowest BCUT2D eigenvalue weighted by atomic mass is 9.76. The number of carbonyl (C=O) groups excluding carboxylic acids is 3. The van der Waals surface area contributed by atoms with E-state index in [-0.39, 0.29) is 35.9 Å². The van der Waals surface area contributed by atoms with E-state index < -0.39 is 0 Å². The van der Waals surface area contributed by atoms with E-state index in [2.05, 4.69) is 22.5 Å². The van der Waals surface area contributed by atoms with Crippen LogP contribution in [0.15, 0.2) is 24.3 Å². The number of hydrogen-bond acceptors (Lipinski definition) is 6. The number of urea groups is 1. The van der Waals surface area contributed by atoms with Crippen LogP contribution in [0.1, 0.15) is 56.3 Å². The van der Waals surface area contributed by atoms with Crippen LogP contribution < -0.4 is 10.6 Å². The van der Waals surface area contributed by atoms with Crippen molar-refractivity contribution < 1.29 is 19.5 Å². The van der Waals surface area contributed by atoms with Crippen molar-refractivity contribution >= 4 is 44.3 Å². The number of aliphatic hydroxyl groups excluding tert-OH is 1. The highest BCUT2D eigenvalue weighted by molar-refractivity contribution is 7.23. The number of anilines is 1. The molecule has 3 saturated heterocycles. The highest BCUT2D eigenvalue weighted by atomic mass is 32.1. The van der Waals surface area contributed by atoms with Gasteiger partial charge in [-0.15, -0.1) is 11.3 Å². The van der Waals surface area contributed by atoms with Gasteiger partial charge in [-0.05, 0) is 58.6 Å². The minimum absolute atomic E-state index is 0.00227. The number of aliphatic hydroxyl groups is 1. The van der Waals surface area contributed by atoms with Gasteiger partial charge in [-0.1, -0.05) is 18.2 Å². The normalized spacial score (nSPS) is 24.9. The standard InChI is InChI=1S/C28H39N5O4S/c1-3-29-27(37)30-24-23(21-7-4-5-8-22(21)38-24)25(35)31-13-9-20(10-14-31)32-12-6-11-28(18-32)17-19(2)33(15-16-34)26(28)36/h4-5,7-8,19-20,34H,3,6,9-18H2,1-2H3,(H2,29,30,37). The number of carbonyl (C=O) groups is 3. The Balaban J connectivity index is 1.27. The van der Waals surface area contributed by atoms with Gasteiger partial charge in [0.2, 0.25) is 5.91 Å². The number of amides is 4. The van der Waals surface area contributed by atoms with Gasteiger partial charge in [-0.2, -0.15) is 0 Å². The molecule has 38 heavy (non-hydrogen) atoms. The Labute approximate surface area is 228 Å². The molecule has 2 unspecified atom stereocenters. The molecular weight excluding hydrogens is 502 g/mol. The molecule has 2 aromatic rings. The number of fused-ring (bicyclic) bond motifs is 1. The van der Waals surface area contributed by atoms with Crippen LogP contribution in [0.4, 0.5) is 9.80 Å². The first-order valence-electron chi connectivity index (χ1n) is 13.9. The number of hydrogen-bond donors (Lipinski definition) is 3. The molecule has 1 aromatic heterocycles. The third-order valence-electron chi connectivity index (χ3n) is 8.52. The summed E-state index contributed by atoms with van der Waals surface area (Å²) in [5.41, 5.74) is 0.233. The Hall–Kier alpha value is -2.69. The summed E-state index contributed by atoms with van der Waals surface area (Å²) in [5, 5.41) is 16.5. The second kappa shape index (κ2) is 11.2. The summed E-state index contributed by atoms with van der Waals surface area (Å²) in [6, 6.07) is 7.99. The Morgan fingerprint density at radius 3 is 2.68 bits per heavy atom. The lowest BCUT2D eigenvalue weighted by Gasteiger charge is -2.45. The van der Waals surface area contributed by atoms with E-state index >= 15 is 0 Å². The zero-order chi connectivity index (χ0) is 26.9. The average molecular weight is 542 g/mol. The summed E-state index contributed by atoms with van der Waals surface area (Å²) >= 11 is 1.43. The molecule has 10 heteroatoms. The van der Waals surface area contributed by atoms with Gasteiger partial charge < -0.3 is 20.2 Å². The predicted octanol–water partition coefficient (Wildman–Crippen LogP) is 3.34. The summed E-state index contributed by atoms with van der Waals surface area (Å²) in [4.78, 5) is 45.7. The van der Waals surface area contributed by atoms with Crippen LogP contribution in [-0.4, -0.2) is 95.6 Å². The van der Waals surface area contributed by atoms with E-state index in [0.717, 1.165) is 55.3 Å². The molecule has 0 bridgehead atoms. The van der Waals surface area contributed by atoms with E-state index in [1.807, 2.05) is 41.0 Å². The first-order valence-corrected chi connectivity index (χ1v) is 14.7. The molecule has 1 spiro atoms. The van der Waals surface area contributed by atoms with Crippen LogP contribution in [-0.2, 0) is 4.79 Å². The van der Waals surface area contributed by atoms with Gasteiger partial charge in [0.05, 0.1) is 17.6 Å². The quantitative estimate of drug-likeness (QED) is 0.520. The van der Waals surface area contributed by atoms with E-state index in [1.54, 1.807) is 0 Å². The molecule has 206 valence electrons. The topological polar surface area (TPSA) is 105 Å². The second-order valence-electron chi connectivity index (χ2n) is 10.9. The predicted molar refractivity (Wildman–Crippen MR) is 150 cm³/mol. The minimum atomic E-state index is -0.338. The van der Waals surface area contributed by atoms with Gasteiger partial charge in [0.1, 0.15) is 5.00 Å². The van der Waals surface area contributed by atoms with Crippen molar-refractivity contribution in [1.29, 1.82) is 0 Å². The summed E-state index contributed by atoms with van der Waals surface area (Å²) in [6.07, 6.45) is 4.51. The van der Waals surface area contributed by atoms with Crippen LogP contribution in [0.3, 0.4) is 0 Å². The van der Waals surface area contributed by atoms with Gasteiger partial charge in [-0.3, -0.25) is 19.8 Å². The summed E-state index contributed by atoms with van der Waals surface area (Å²) in [5.74, 6) is 0.162. The molecule has 4 amide bonds. The molecule has 1 aromatic carbocycles. The first-order chi connectivity index (χ1) is 18.4. The molecule has 5 rings (SSSR count). The third kappa shape index (κ3) is 5.01. The number of likely N-dealkylation sites (tertiary alicyclic amines) is 3. The smallest absolute Gasteiger partial charge is 0.319 e. The Bertz CT molecular complexity index is 1190. The molecular formula is C28H39N5O4S. The van der Waals surface area contributed by atoms with Crippen molar-refractivity contribution in [3.05, 3.63) is 29.8 Å². The maximum absolute atomic E-state index is 13.8. The molecule has 4 heterocycles. The third-order valence-corrected chi connectivity index (χ3v) is 9.61.